The first-order valence-corrected chi connectivity index (χ1v) is 6.38. The summed E-state index contributed by atoms with van der Waals surface area (Å²) in [5, 5.41) is 11.4. The highest BCUT2D eigenvalue weighted by molar-refractivity contribution is 6.31. The molecule has 108 valence electrons. The van der Waals surface area contributed by atoms with Gasteiger partial charge in [-0.3, -0.25) is 10.1 Å². The minimum atomic E-state index is -1.65. The van der Waals surface area contributed by atoms with E-state index in [0.717, 1.165) is 0 Å². The predicted molar refractivity (Wildman–Crippen MR) is 72.3 cm³/mol. The monoisotopic (exact) mass is 299 g/mol. The number of carbonyl (C=O) groups excluding carboxylic acids is 2. The smallest absolute Gasteiger partial charge is 0.382 e. The zero-order chi connectivity index (χ0) is 15.1. The molecule has 1 aromatic carbocycles. The van der Waals surface area contributed by atoms with Crippen molar-refractivity contribution in [1.82, 2.24) is 0 Å². The average molecular weight is 300 g/mol. The van der Waals surface area contributed by atoms with Crippen LogP contribution in [-0.2, 0) is 14.3 Å². The van der Waals surface area contributed by atoms with E-state index in [-0.39, 0.29) is 18.1 Å². The van der Waals surface area contributed by atoms with Gasteiger partial charge in [-0.05, 0) is 18.6 Å². The van der Waals surface area contributed by atoms with Crippen LogP contribution in [0.4, 0.5) is 0 Å². The summed E-state index contributed by atoms with van der Waals surface area (Å²) in [6, 6.07) is 4.76. The van der Waals surface area contributed by atoms with Crippen molar-refractivity contribution in [2.24, 2.45) is 0 Å². The van der Waals surface area contributed by atoms with Gasteiger partial charge in [0.1, 0.15) is 6.29 Å². The van der Waals surface area contributed by atoms with Crippen molar-refractivity contribution in [3.8, 4) is 0 Å². The van der Waals surface area contributed by atoms with Gasteiger partial charge in [-0.15, -0.1) is 0 Å². The van der Waals surface area contributed by atoms with Gasteiger partial charge in [0.15, 0.2) is 0 Å². The molecule has 0 aliphatic rings. The van der Waals surface area contributed by atoms with Gasteiger partial charge >= 0.3 is 12.0 Å². The summed E-state index contributed by atoms with van der Waals surface area (Å²) in [5.74, 6) is -1.92. The molecular weight excluding hydrogens is 286 g/mol. The lowest BCUT2D eigenvalue weighted by atomic mass is 9.89. The quantitative estimate of drug-likeness (QED) is 0.333. The Morgan fingerprint density at radius 3 is 2.65 bits per heavy atom. The Hall–Kier alpha value is -1.95. The molecule has 1 unspecified atom stereocenters. The largest absolute Gasteiger partial charge is 0.461 e. The lowest BCUT2D eigenvalue weighted by molar-refractivity contribution is -0.514. The molecule has 6 nitrogen and oxygen atoms in total. The van der Waals surface area contributed by atoms with Crippen LogP contribution in [0.3, 0.4) is 0 Å². The summed E-state index contributed by atoms with van der Waals surface area (Å²) in [7, 11) is 0. The number of benzene rings is 1. The summed E-state index contributed by atoms with van der Waals surface area (Å²) < 4.78 is 4.71. The number of halogens is 1. The normalized spacial score (nSPS) is 13.3. The van der Waals surface area contributed by atoms with Crippen LogP contribution < -0.4 is 0 Å². The van der Waals surface area contributed by atoms with Crippen molar-refractivity contribution in [1.29, 1.82) is 0 Å². The fourth-order valence-electron chi connectivity index (χ4n) is 1.93. The first-order chi connectivity index (χ1) is 9.52. The maximum absolute atomic E-state index is 11.8. The maximum Gasteiger partial charge on any atom is 0.382 e. The van der Waals surface area contributed by atoms with Gasteiger partial charge < -0.3 is 9.53 Å². The number of nitrogens with zero attached hydrogens (tertiary/aromatic N) is 1. The van der Waals surface area contributed by atoms with Crippen molar-refractivity contribution >= 4 is 23.9 Å². The highest BCUT2D eigenvalue weighted by Crippen LogP contribution is 2.31. The molecule has 7 heteroatoms. The number of esters is 1. The SMILES string of the molecule is CCOC(=O)C([C@@H](CC=O)c1ccccc1Cl)[N+](=O)[O-]. The fourth-order valence-corrected chi connectivity index (χ4v) is 2.21. The molecule has 2 atom stereocenters. The number of hydrogen-bond acceptors (Lipinski definition) is 5. The molecule has 0 heterocycles. The third kappa shape index (κ3) is 3.77. The second-order valence-electron chi connectivity index (χ2n) is 4.01. The Morgan fingerprint density at radius 2 is 2.15 bits per heavy atom. The van der Waals surface area contributed by atoms with Gasteiger partial charge in [0.25, 0.3) is 0 Å². The molecule has 0 fully saturated rings. The molecule has 0 bridgehead atoms. The van der Waals surface area contributed by atoms with E-state index in [1.165, 1.54) is 0 Å². The van der Waals surface area contributed by atoms with Crippen molar-refractivity contribution in [3.63, 3.8) is 0 Å². The van der Waals surface area contributed by atoms with Crippen LogP contribution in [0, 0.1) is 10.1 Å². The predicted octanol–water partition coefficient (Wildman–Crippen LogP) is 2.22. The van der Waals surface area contributed by atoms with Gasteiger partial charge in [-0.1, -0.05) is 29.8 Å². The number of rotatable bonds is 7. The standard InChI is InChI=1S/C13H14ClNO5/c1-2-20-13(17)12(15(18)19)10(7-8-16)9-5-3-4-6-11(9)14/h3-6,8,10,12H,2,7H2,1H3/t10-,12?/m0/s1. The molecule has 0 amide bonds. The summed E-state index contributed by atoms with van der Waals surface area (Å²) in [6.45, 7) is 1.58. The first-order valence-electron chi connectivity index (χ1n) is 6.01. The third-order valence-corrected chi connectivity index (χ3v) is 3.14. The van der Waals surface area contributed by atoms with E-state index in [4.69, 9.17) is 16.3 Å². The summed E-state index contributed by atoms with van der Waals surface area (Å²) in [6.07, 6.45) is 0.345. The van der Waals surface area contributed by atoms with Crippen LogP contribution in [-0.4, -0.2) is 29.8 Å². The first kappa shape index (κ1) is 16.1. The highest BCUT2D eigenvalue weighted by atomic mass is 35.5. The lowest BCUT2D eigenvalue weighted by Gasteiger charge is -2.19. The van der Waals surface area contributed by atoms with E-state index in [0.29, 0.717) is 11.8 Å². The van der Waals surface area contributed by atoms with Crippen molar-refractivity contribution in [3.05, 3.63) is 45.0 Å². The summed E-state index contributed by atoms with van der Waals surface area (Å²) >= 11 is 5.99. The van der Waals surface area contributed by atoms with E-state index in [1.807, 2.05) is 0 Å². The summed E-state index contributed by atoms with van der Waals surface area (Å²) in [4.78, 5) is 33.0. The van der Waals surface area contributed by atoms with Gasteiger partial charge in [-0.25, -0.2) is 4.79 Å². The van der Waals surface area contributed by atoms with Gasteiger partial charge in [0.05, 0.1) is 12.5 Å². The van der Waals surface area contributed by atoms with Crippen molar-refractivity contribution < 1.29 is 19.2 Å². The number of carbonyl (C=O) groups is 2. The average Bonchev–Trinajstić information content (AvgIpc) is 2.39. The molecule has 0 aromatic heterocycles. The summed E-state index contributed by atoms with van der Waals surface area (Å²) in [5.41, 5.74) is 0.385. The molecule has 0 aliphatic heterocycles. The van der Waals surface area contributed by atoms with E-state index in [2.05, 4.69) is 0 Å². The lowest BCUT2D eigenvalue weighted by Crippen LogP contribution is -2.37. The maximum atomic E-state index is 11.8. The Labute approximate surface area is 120 Å². The fraction of sp³-hybridized carbons (Fsp3) is 0.385. The molecule has 1 aromatic rings. The van der Waals surface area contributed by atoms with Crippen LogP contribution in [0.25, 0.3) is 0 Å². The third-order valence-electron chi connectivity index (χ3n) is 2.79. The number of hydrogen-bond donors (Lipinski definition) is 0. The molecule has 1 rings (SSSR count). The molecule has 0 aliphatic carbocycles. The Morgan fingerprint density at radius 1 is 1.50 bits per heavy atom. The van der Waals surface area contributed by atoms with E-state index in [9.17, 15) is 19.7 Å². The van der Waals surface area contributed by atoms with Crippen LogP contribution in [0.2, 0.25) is 5.02 Å². The highest BCUT2D eigenvalue weighted by Gasteiger charge is 2.41. The van der Waals surface area contributed by atoms with Gasteiger partial charge in [0, 0.05) is 16.4 Å². The molecule has 0 saturated heterocycles. The minimum Gasteiger partial charge on any atom is -0.461 e. The molecule has 0 saturated carbocycles. The number of aldehydes is 1. The van der Waals surface area contributed by atoms with E-state index in [1.54, 1.807) is 31.2 Å². The molecule has 0 N–H and O–H groups in total. The van der Waals surface area contributed by atoms with Crippen molar-refractivity contribution in [2.75, 3.05) is 6.61 Å². The zero-order valence-corrected chi connectivity index (χ0v) is 11.6. The molecule has 0 spiro atoms. The second-order valence-corrected chi connectivity index (χ2v) is 4.42. The number of nitro groups is 1. The molecular formula is C13H14ClNO5. The zero-order valence-electron chi connectivity index (χ0n) is 10.8. The molecule has 20 heavy (non-hydrogen) atoms. The Kier molecular flexibility index (Phi) is 6.11. The Balaban J connectivity index is 3.21. The van der Waals surface area contributed by atoms with Crippen molar-refractivity contribution in [2.45, 2.75) is 25.3 Å². The number of ether oxygens (including phenoxy) is 1. The Bertz CT molecular complexity index is 505. The van der Waals surface area contributed by atoms with Gasteiger partial charge in [-0.2, -0.15) is 0 Å². The molecule has 0 radical (unpaired) electrons. The van der Waals surface area contributed by atoms with Gasteiger partial charge in [0.2, 0.25) is 0 Å². The minimum absolute atomic E-state index is 0.0273. The topological polar surface area (TPSA) is 86.5 Å². The van der Waals surface area contributed by atoms with E-state index < -0.39 is 22.9 Å². The van der Waals surface area contributed by atoms with Crippen LogP contribution >= 0.6 is 11.6 Å². The second kappa shape index (κ2) is 7.59. The van der Waals surface area contributed by atoms with Crippen LogP contribution in [0.1, 0.15) is 24.8 Å². The van der Waals surface area contributed by atoms with Crippen LogP contribution in [0.15, 0.2) is 24.3 Å². The van der Waals surface area contributed by atoms with Crippen LogP contribution in [0.5, 0.6) is 0 Å². The van der Waals surface area contributed by atoms with E-state index >= 15 is 0 Å².